The topological polar surface area (TPSA) is 35.5 Å². The lowest BCUT2D eigenvalue weighted by molar-refractivity contribution is 0.156. The van der Waals surface area contributed by atoms with Gasteiger partial charge < -0.3 is 15.3 Å². The van der Waals surface area contributed by atoms with E-state index in [2.05, 4.69) is 53.5 Å². The van der Waals surface area contributed by atoms with Gasteiger partial charge in [-0.25, -0.2) is 0 Å². The molecule has 136 valence electrons. The normalized spacial score (nSPS) is 24.8. The Hall–Kier alpha value is -0.580. The second-order valence-corrected chi connectivity index (χ2v) is 6.75. The van der Waals surface area contributed by atoms with Crippen LogP contribution in [-0.4, -0.2) is 48.3 Å². The minimum absolute atomic E-state index is 0. The van der Waals surface area contributed by atoms with Crippen molar-refractivity contribution >= 4 is 30.9 Å². The molecular weight excluding hydrogens is 343 g/mol. The lowest BCUT2D eigenvalue weighted by atomic mass is 10.0. The van der Waals surface area contributed by atoms with Crippen LogP contribution in [0.5, 0.6) is 0 Å². The van der Waals surface area contributed by atoms with Gasteiger partial charge in [-0.15, -0.1) is 24.8 Å². The molecule has 2 unspecified atom stereocenters. The molecular formula is C19H30Cl2N2O. The van der Waals surface area contributed by atoms with Crippen LogP contribution in [0.1, 0.15) is 31.7 Å². The summed E-state index contributed by atoms with van der Waals surface area (Å²) >= 11 is 0. The first-order chi connectivity index (χ1) is 10.8. The third kappa shape index (κ3) is 6.05. The summed E-state index contributed by atoms with van der Waals surface area (Å²) in [7, 11) is 0. The second-order valence-electron chi connectivity index (χ2n) is 6.75. The van der Waals surface area contributed by atoms with E-state index >= 15 is 0 Å². The van der Waals surface area contributed by atoms with Crippen molar-refractivity contribution in [2.75, 3.05) is 26.2 Å². The van der Waals surface area contributed by atoms with E-state index in [1.807, 2.05) is 0 Å². The molecule has 5 heteroatoms. The van der Waals surface area contributed by atoms with Crippen molar-refractivity contribution in [3.8, 4) is 0 Å². The van der Waals surface area contributed by atoms with Crippen molar-refractivity contribution in [2.45, 2.75) is 38.3 Å². The summed E-state index contributed by atoms with van der Waals surface area (Å²) in [4.78, 5) is 2.36. The largest absolute Gasteiger partial charge is 0.395 e. The maximum atomic E-state index is 8.99. The van der Waals surface area contributed by atoms with Crippen molar-refractivity contribution in [1.29, 1.82) is 0 Å². The molecule has 0 amide bonds. The van der Waals surface area contributed by atoms with E-state index in [1.54, 1.807) is 0 Å². The van der Waals surface area contributed by atoms with Gasteiger partial charge in [-0.2, -0.15) is 0 Å². The highest BCUT2D eigenvalue weighted by Crippen LogP contribution is 2.38. The molecule has 1 aromatic rings. The highest BCUT2D eigenvalue weighted by molar-refractivity contribution is 5.85. The third-order valence-electron chi connectivity index (χ3n) is 5.02. The summed E-state index contributed by atoms with van der Waals surface area (Å²) in [6.45, 7) is 5.62. The molecule has 1 saturated heterocycles. The Morgan fingerprint density at radius 1 is 1.21 bits per heavy atom. The van der Waals surface area contributed by atoms with Crippen molar-refractivity contribution < 1.29 is 5.11 Å². The number of rotatable bonds is 6. The predicted octanol–water partition coefficient (Wildman–Crippen LogP) is 3.37. The molecule has 0 radical (unpaired) electrons. The number of β-amino-alcohol motifs (C(OH)–C–C–N with tert-alkyl or cyclic N) is 1. The summed E-state index contributed by atoms with van der Waals surface area (Å²) in [5.74, 6) is 0.718. The molecule has 2 atom stereocenters. The number of halogens is 2. The van der Waals surface area contributed by atoms with Crippen molar-refractivity contribution in [2.24, 2.45) is 5.92 Å². The van der Waals surface area contributed by atoms with Gasteiger partial charge in [0.1, 0.15) is 0 Å². The van der Waals surface area contributed by atoms with Crippen LogP contribution in [0, 0.1) is 5.92 Å². The maximum Gasteiger partial charge on any atom is 0.0558 e. The van der Waals surface area contributed by atoms with Crippen LogP contribution in [0.25, 0.3) is 6.08 Å². The van der Waals surface area contributed by atoms with Gasteiger partial charge in [0.05, 0.1) is 6.61 Å². The van der Waals surface area contributed by atoms with Crippen LogP contribution < -0.4 is 5.32 Å². The van der Waals surface area contributed by atoms with Gasteiger partial charge in [0, 0.05) is 18.6 Å². The first-order valence-electron chi connectivity index (χ1n) is 8.59. The Labute approximate surface area is 158 Å². The van der Waals surface area contributed by atoms with Crippen LogP contribution in [0.2, 0.25) is 0 Å². The number of likely N-dealkylation sites (tertiary alicyclic amines) is 1. The SMILES string of the molecule is CC(=Cc1ccccc1)C1CC1NC1CCN(CCO)CC1.Cl.Cl. The van der Waals surface area contributed by atoms with E-state index in [0.717, 1.165) is 25.6 Å². The Morgan fingerprint density at radius 3 is 2.50 bits per heavy atom. The number of aliphatic hydroxyl groups is 1. The van der Waals surface area contributed by atoms with Crippen LogP contribution in [0.4, 0.5) is 0 Å². The number of hydrogen-bond acceptors (Lipinski definition) is 3. The number of aliphatic hydroxyl groups excluding tert-OH is 1. The second kappa shape index (κ2) is 10.4. The van der Waals surface area contributed by atoms with E-state index in [9.17, 15) is 0 Å². The van der Waals surface area contributed by atoms with Crippen molar-refractivity contribution in [3.63, 3.8) is 0 Å². The molecule has 1 aliphatic carbocycles. The van der Waals surface area contributed by atoms with Gasteiger partial charge in [-0.05, 0) is 50.8 Å². The molecule has 1 aromatic carbocycles. The van der Waals surface area contributed by atoms with Gasteiger partial charge in [0.2, 0.25) is 0 Å². The van der Waals surface area contributed by atoms with Crippen LogP contribution >= 0.6 is 24.8 Å². The fraction of sp³-hybridized carbons (Fsp3) is 0.579. The monoisotopic (exact) mass is 372 g/mol. The zero-order chi connectivity index (χ0) is 15.4. The number of nitrogens with one attached hydrogen (secondary N) is 1. The fourth-order valence-corrected chi connectivity index (χ4v) is 3.57. The standard InChI is InChI=1S/C19H28N2O.2ClH/c1-15(13-16-5-3-2-4-6-16)18-14-19(18)20-17-7-9-21(10-8-17)11-12-22;;/h2-6,13,17-20,22H,7-12,14H2,1H3;2*1H. The van der Waals surface area contributed by atoms with Crippen LogP contribution in [-0.2, 0) is 0 Å². The molecule has 2 N–H and O–H groups in total. The lowest BCUT2D eigenvalue weighted by Gasteiger charge is -2.32. The molecule has 0 aromatic heterocycles. The van der Waals surface area contributed by atoms with Gasteiger partial charge in [0.15, 0.2) is 0 Å². The van der Waals surface area contributed by atoms with Gasteiger partial charge in [-0.3, -0.25) is 0 Å². The zero-order valence-electron chi connectivity index (χ0n) is 14.4. The predicted molar refractivity (Wildman–Crippen MR) is 106 cm³/mol. The Morgan fingerprint density at radius 2 is 1.88 bits per heavy atom. The highest BCUT2D eigenvalue weighted by Gasteiger charge is 2.39. The smallest absolute Gasteiger partial charge is 0.0558 e. The molecule has 2 fully saturated rings. The summed E-state index contributed by atoms with van der Waals surface area (Å²) < 4.78 is 0. The van der Waals surface area contributed by atoms with Crippen molar-refractivity contribution in [1.82, 2.24) is 10.2 Å². The number of hydrogen-bond donors (Lipinski definition) is 2. The summed E-state index contributed by atoms with van der Waals surface area (Å²) in [5.41, 5.74) is 2.81. The third-order valence-corrected chi connectivity index (χ3v) is 5.02. The quantitative estimate of drug-likeness (QED) is 0.803. The first kappa shape index (κ1) is 21.5. The van der Waals surface area contributed by atoms with E-state index < -0.39 is 0 Å². The van der Waals surface area contributed by atoms with Crippen LogP contribution in [0.15, 0.2) is 35.9 Å². The van der Waals surface area contributed by atoms with E-state index in [0.29, 0.717) is 12.1 Å². The summed E-state index contributed by atoms with van der Waals surface area (Å²) in [5, 5.41) is 12.8. The van der Waals surface area contributed by atoms with E-state index in [4.69, 9.17) is 5.11 Å². The minimum atomic E-state index is 0. The van der Waals surface area contributed by atoms with Crippen LogP contribution in [0.3, 0.4) is 0 Å². The molecule has 3 nitrogen and oxygen atoms in total. The van der Waals surface area contributed by atoms with E-state index in [-0.39, 0.29) is 31.4 Å². The Kier molecular flexibility index (Phi) is 9.32. The minimum Gasteiger partial charge on any atom is -0.395 e. The fourth-order valence-electron chi connectivity index (χ4n) is 3.57. The highest BCUT2D eigenvalue weighted by atomic mass is 35.5. The van der Waals surface area contributed by atoms with Gasteiger partial charge in [0.25, 0.3) is 0 Å². The van der Waals surface area contributed by atoms with Gasteiger partial charge in [-0.1, -0.05) is 42.0 Å². The lowest BCUT2D eigenvalue weighted by Crippen LogP contribution is -2.44. The average Bonchev–Trinajstić information content (AvgIpc) is 3.30. The molecule has 1 aliphatic heterocycles. The van der Waals surface area contributed by atoms with Crippen molar-refractivity contribution in [3.05, 3.63) is 41.5 Å². The molecule has 0 bridgehead atoms. The molecule has 2 aliphatic rings. The Balaban J connectivity index is 0.00000144. The number of nitrogens with zero attached hydrogens (tertiary/aromatic N) is 1. The average molecular weight is 373 g/mol. The van der Waals surface area contributed by atoms with Gasteiger partial charge >= 0.3 is 0 Å². The Bertz CT molecular complexity index is 501. The molecule has 1 heterocycles. The maximum absolute atomic E-state index is 8.99. The molecule has 3 rings (SSSR count). The summed E-state index contributed by atoms with van der Waals surface area (Å²) in [6, 6.07) is 11.9. The summed E-state index contributed by atoms with van der Waals surface area (Å²) in [6.07, 6.45) is 6.04. The first-order valence-corrected chi connectivity index (χ1v) is 8.59. The molecule has 1 saturated carbocycles. The molecule has 0 spiro atoms. The van der Waals surface area contributed by atoms with E-state index in [1.165, 1.54) is 30.4 Å². The zero-order valence-corrected chi connectivity index (χ0v) is 16.0. The number of benzene rings is 1. The number of piperidine rings is 1. The molecule has 24 heavy (non-hydrogen) atoms.